The molecule has 3 rings (SSSR count). The Hall–Kier alpha value is -2.09. The van der Waals surface area contributed by atoms with Gasteiger partial charge in [0.1, 0.15) is 0 Å². The van der Waals surface area contributed by atoms with Crippen LogP contribution in [0.3, 0.4) is 0 Å². The average molecular weight is 408 g/mol. The van der Waals surface area contributed by atoms with Gasteiger partial charge in [-0.05, 0) is 44.0 Å². The molecule has 8 heteroatoms. The van der Waals surface area contributed by atoms with Crippen LogP contribution >= 0.6 is 24.2 Å². The van der Waals surface area contributed by atoms with Crippen molar-refractivity contribution in [3.8, 4) is 0 Å². The van der Waals surface area contributed by atoms with Crippen molar-refractivity contribution in [2.24, 2.45) is 5.73 Å². The fourth-order valence-corrected chi connectivity index (χ4v) is 3.80. The number of hydrogen-bond donors (Lipinski definition) is 1. The SMILES string of the molecule is Cc1ccc(Sc2ccc(C(=O)N3CCC(N)CC3)cc2[N+](=O)[O-])cc1.Cl. The minimum absolute atomic E-state index is 0. The van der Waals surface area contributed by atoms with E-state index in [1.165, 1.54) is 17.8 Å². The number of nitro groups is 1. The van der Waals surface area contributed by atoms with E-state index in [4.69, 9.17) is 5.73 Å². The largest absolute Gasteiger partial charge is 0.339 e. The third kappa shape index (κ3) is 5.22. The normalized spacial score (nSPS) is 14.5. The van der Waals surface area contributed by atoms with E-state index in [1.807, 2.05) is 31.2 Å². The van der Waals surface area contributed by atoms with Crippen LogP contribution in [0, 0.1) is 17.0 Å². The zero-order valence-electron chi connectivity index (χ0n) is 15.0. The first-order valence-electron chi connectivity index (χ1n) is 8.52. The van der Waals surface area contributed by atoms with Crippen LogP contribution in [0.4, 0.5) is 5.69 Å². The monoisotopic (exact) mass is 407 g/mol. The third-order valence-corrected chi connectivity index (χ3v) is 5.55. The van der Waals surface area contributed by atoms with Crippen LogP contribution < -0.4 is 5.73 Å². The van der Waals surface area contributed by atoms with Gasteiger partial charge in [0.2, 0.25) is 0 Å². The van der Waals surface area contributed by atoms with Crippen LogP contribution in [0.1, 0.15) is 28.8 Å². The fraction of sp³-hybridized carbons (Fsp3) is 0.316. The first-order chi connectivity index (χ1) is 12.4. The maximum atomic E-state index is 12.6. The topological polar surface area (TPSA) is 89.5 Å². The Kier molecular flexibility index (Phi) is 7.24. The number of rotatable bonds is 4. The number of nitrogens with zero attached hydrogens (tertiary/aromatic N) is 2. The van der Waals surface area contributed by atoms with Crippen molar-refractivity contribution in [3.05, 3.63) is 63.7 Å². The molecule has 2 aromatic rings. The molecule has 0 unspecified atom stereocenters. The number of amides is 1. The summed E-state index contributed by atoms with van der Waals surface area (Å²) in [5, 5.41) is 11.5. The molecule has 1 fully saturated rings. The fourth-order valence-electron chi connectivity index (χ4n) is 2.90. The molecule has 144 valence electrons. The molecule has 1 amide bonds. The minimum atomic E-state index is -0.431. The number of nitro benzene ring substituents is 1. The Bertz CT molecular complexity index is 821. The molecule has 0 bridgehead atoms. The molecule has 27 heavy (non-hydrogen) atoms. The van der Waals surface area contributed by atoms with Crippen molar-refractivity contribution in [1.82, 2.24) is 4.90 Å². The number of carbonyl (C=O) groups excluding carboxylic acids is 1. The number of halogens is 1. The molecule has 0 atom stereocenters. The van der Waals surface area contributed by atoms with Gasteiger partial charge < -0.3 is 10.6 Å². The van der Waals surface area contributed by atoms with E-state index in [0.29, 0.717) is 23.5 Å². The number of likely N-dealkylation sites (tertiary alicyclic amines) is 1. The number of hydrogen-bond acceptors (Lipinski definition) is 5. The summed E-state index contributed by atoms with van der Waals surface area (Å²) in [6, 6.07) is 12.6. The van der Waals surface area contributed by atoms with E-state index in [0.717, 1.165) is 23.3 Å². The van der Waals surface area contributed by atoms with Gasteiger partial charge in [0.25, 0.3) is 11.6 Å². The van der Waals surface area contributed by atoms with Crippen molar-refractivity contribution in [1.29, 1.82) is 0 Å². The van der Waals surface area contributed by atoms with Gasteiger partial charge in [-0.2, -0.15) is 0 Å². The van der Waals surface area contributed by atoms with Gasteiger partial charge in [-0.3, -0.25) is 14.9 Å². The predicted octanol–water partition coefficient (Wildman–Crippen LogP) is 4.04. The first-order valence-corrected chi connectivity index (χ1v) is 9.33. The lowest BCUT2D eigenvalue weighted by Gasteiger charge is -2.30. The molecular weight excluding hydrogens is 386 g/mol. The molecule has 1 saturated heterocycles. The first kappa shape index (κ1) is 21.2. The Labute approximate surface area is 168 Å². The van der Waals surface area contributed by atoms with Crippen LogP contribution in [0.25, 0.3) is 0 Å². The molecule has 0 aromatic heterocycles. The Morgan fingerprint density at radius 2 is 1.81 bits per heavy atom. The quantitative estimate of drug-likeness (QED) is 0.610. The maximum Gasteiger partial charge on any atom is 0.284 e. The lowest BCUT2D eigenvalue weighted by atomic mass is 10.0. The molecule has 1 heterocycles. The van der Waals surface area contributed by atoms with E-state index >= 15 is 0 Å². The highest BCUT2D eigenvalue weighted by Gasteiger charge is 2.24. The summed E-state index contributed by atoms with van der Waals surface area (Å²) in [5.41, 5.74) is 7.30. The second-order valence-electron chi connectivity index (χ2n) is 6.48. The summed E-state index contributed by atoms with van der Waals surface area (Å²) in [4.78, 5) is 26.9. The van der Waals surface area contributed by atoms with Crippen molar-refractivity contribution >= 4 is 35.8 Å². The van der Waals surface area contributed by atoms with E-state index < -0.39 is 4.92 Å². The summed E-state index contributed by atoms with van der Waals surface area (Å²) in [5.74, 6) is -0.174. The van der Waals surface area contributed by atoms with Crippen LogP contribution in [0.2, 0.25) is 0 Å². The second-order valence-corrected chi connectivity index (χ2v) is 7.60. The summed E-state index contributed by atoms with van der Waals surface area (Å²) in [6.07, 6.45) is 1.52. The predicted molar refractivity (Wildman–Crippen MR) is 109 cm³/mol. The van der Waals surface area contributed by atoms with Crippen molar-refractivity contribution < 1.29 is 9.72 Å². The molecule has 1 aliphatic rings. The van der Waals surface area contributed by atoms with E-state index in [9.17, 15) is 14.9 Å². The lowest BCUT2D eigenvalue weighted by molar-refractivity contribution is -0.387. The van der Waals surface area contributed by atoms with Gasteiger partial charge >= 0.3 is 0 Å². The number of carbonyl (C=O) groups is 1. The number of nitrogens with two attached hydrogens (primary N) is 1. The highest BCUT2D eigenvalue weighted by Crippen LogP contribution is 2.35. The van der Waals surface area contributed by atoms with Crippen molar-refractivity contribution in [2.45, 2.75) is 35.6 Å². The van der Waals surface area contributed by atoms with E-state index in [1.54, 1.807) is 17.0 Å². The summed E-state index contributed by atoms with van der Waals surface area (Å²) < 4.78 is 0. The van der Waals surface area contributed by atoms with Crippen molar-refractivity contribution in [3.63, 3.8) is 0 Å². The summed E-state index contributed by atoms with van der Waals surface area (Å²) in [6.45, 7) is 3.17. The molecular formula is C19H22ClN3O3S. The zero-order valence-corrected chi connectivity index (χ0v) is 16.6. The van der Waals surface area contributed by atoms with Crippen LogP contribution in [-0.4, -0.2) is 34.9 Å². The van der Waals surface area contributed by atoms with Gasteiger partial charge in [-0.25, -0.2) is 0 Å². The average Bonchev–Trinajstić information content (AvgIpc) is 2.64. The van der Waals surface area contributed by atoms with E-state index in [-0.39, 0.29) is 30.0 Å². The van der Waals surface area contributed by atoms with Crippen molar-refractivity contribution in [2.75, 3.05) is 13.1 Å². The van der Waals surface area contributed by atoms with E-state index in [2.05, 4.69) is 0 Å². The molecule has 2 N–H and O–H groups in total. The zero-order chi connectivity index (χ0) is 18.7. The molecule has 0 spiro atoms. The standard InChI is InChI=1S/C19H21N3O3S.ClH/c1-13-2-5-16(6-3-13)26-18-7-4-14(12-17(18)22(24)25)19(23)21-10-8-15(20)9-11-21;/h2-7,12,15H,8-11,20H2,1H3;1H. The van der Waals surface area contributed by atoms with Gasteiger partial charge in [-0.15, -0.1) is 12.4 Å². The maximum absolute atomic E-state index is 12.6. The minimum Gasteiger partial charge on any atom is -0.339 e. The Balaban J connectivity index is 0.00000261. The summed E-state index contributed by atoms with van der Waals surface area (Å²) >= 11 is 1.32. The molecule has 0 radical (unpaired) electrons. The third-order valence-electron chi connectivity index (χ3n) is 4.48. The smallest absolute Gasteiger partial charge is 0.284 e. The molecule has 6 nitrogen and oxygen atoms in total. The molecule has 0 aliphatic carbocycles. The number of aryl methyl sites for hydroxylation is 1. The van der Waals surface area contributed by atoms with Crippen LogP contribution in [-0.2, 0) is 0 Å². The summed E-state index contributed by atoms with van der Waals surface area (Å²) in [7, 11) is 0. The number of benzene rings is 2. The highest BCUT2D eigenvalue weighted by atomic mass is 35.5. The van der Waals surface area contributed by atoms with Gasteiger partial charge in [0, 0.05) is 35.7 Å². The van der Waals surface area contributed by atoms with Crippen LogP contribution in [0.5, 0.6) is 0 Å². The van der Waals surface area contributed by atoms with Gasteiger partial charge in [-0.1, -0.05) is 29.5 Å². The molecule has 0 saturated carbocycles. The van der Waals surface area contributed by atoms with Gasteiger partial charge in [0.05, 0.1) is 9.82 Å². The second kappa shape index (κ2) is 9.21. The molecule has 2 aromatic carbocycles. The Morgan fingerprint density at radius 1 is 1.19 bits per heavy atom. The van der Waals surface area contributed by atoms with Gasteiger partial charge in [0.15, 0.2) is 0 Å². The van der Waals surface area contributed by atoms with Crippen LogP contribution in [0.15, 0.2) is 52.3 Å². The highest BCUT2D eigenvalue weighted by molar-refractivity contribution is 7.99. The molecule has 1 aliphatic heterocycles. The number of piperidine rings is 1. The Morgan fingerprint density at radius 3 is 2.41 bits per heavy atom. The lowest BCUT2D eigenvalue weighted by Crippen LogP contribution is -2.42.